The van der Waals surface area contributed by atoms with Gasteiger partial charge in [0.15, 0.2) is 5.69 Å². The van der Waals surface area contributed by atoms with Gasteiger partial charge < -0.3 is 14.5 Å². The Labute approximate surface area is 180 Å². The number of rotatable bonds is 3. The molecule has 0 unspecified atom stereocenters. The third kappa shape index (κ3) is 5.22. The van der Waals surface area contributed by atoms with Crippen molar-refractivity contribution < 1.29 is 35.9 Å². The van der Waals surface area contributed by atoms with Crippen molar-refractivity contribution in [1.29, 1.82) is 0 Å². The van der Waals surface area contributed by atoms with E-state index in [0.717, 1.165) is 19.2 Å². The van der Waals surface area contributed by atoms with Crippen LogP contribution in [0.25, 0.3) is 0 Å². The van der Waals surface area contributed by atoms with Crippen molar-refractivity contribution in [2.24, 2.45) is 0 Å². The van der Waals surface area contributed by atoms with Crippen LogP contribution in [0.1, 0.15) is 42.7 Å². The monoisotopic (exact) mass is 464 g/mol. The second kappa shape index (κ2) is 9.08. The lowest BCUT2D eigenvalue weighted by Crippen LogP contribution is -2.41. The molecule has 2 aliphatic rings. The van der Waals surface area contributed by atoms with Crippen molar-refractivity contribution in [3.05, 3.63) is 40.4 Å². The molecule has 1 aromatic rings. The Morgan fingerprint density at radius 3 is 2.38 bits per heavy atom. The summed E-state index contributed by atoms with van der Waals surface area (Å²) in [5.41, 5.74) is -2.34. The second-order valence-corrected chi connectivity index (χ2v) is 7.58. The average Bonchev–Trinajstić information content (AvgIpc) is 2.73. The van der Waals surface area contributed by atoms with Crippen LogP contribution >= 0.6 is 0 Å². The molecule has 0 saturated carbocycles. The lowest BCUT2D eigenvalue weighted by molar-refractivity contribution is -0.141. The summed E-state index contributed by atoms with van der Waals surface area (Å²) in [4.78, 5) is 22.7. The SMILES string of the molecule is CC1=C(/C=C(\C)C(F)(F)F)N(c2ncc(C(=O)N3CCOCC3)c(C(F)(F)F)n2)CCC1. The van der Waals surface area contributed by atoms with Crippen molar-refractivity contribution in [2.45, 2.75) is 39.0 Å². The molecule has 0 bridgehead atoms. The molecule has 12 heteroatoms. The molecule has 1 amide bonds. The Morgan fingerprint density at radius 1 is 1.12 bits per heavy atom. The first kappa shape index (κ1) is 24.0. The summed E-state index contributed by atoms with van der Waals surface area (Å²) in [7, 11) is 0. The van der Waals surface area contributed by atoms with Gasteiger partial charge >= 0.3 is 12.4 Å². The third-order valence-electron chi connectivity index (χ3n) is 5.28. The summed E-state index contributed by atoms with van der Waals surface area (Å²) in [5, 5.41) is 0. The second-order valence-electron chi connectivity index (χ2n) is 7.58. The number of carbonyl (C=O) groups excluding carboxylic acids is 1. The number of anilines is 1. The van der Waals surface area contributed by atoms with E-state index >= 15 is 0 Å². The van der Waals surface area contributed by atoms with Crippen LogP contribution in [0, 0.1) is 0 Å². The largest absolute Gasteiger partial charge is 0.434 e. The van der Waals surface area contributed by atoms with Crippen molar-refractivity contribution in [2.75, 3.05) is 37.7 Å². The molecule has 176 valence electrons. The summed E-state index contributed by atoms with van der Waals surface area (Å²) in [6.45, 7) is 3.33. The fraction of sp³-hybridized carbons (Fsp3) is 0.550. The zero-order valence-corrected chi connectivity index (χ0v) is 17.5. The van der Waals surface area contributed by atoms with Gasteiger partial charge in [0.05, 0.1) is 18.8 Å². The first-order valence-electron chi connectivity index (χ1n) is 9.93. The molecule has 32 heavy (non-hydrogen) atoms. The molecule has 1 fully saturated rings. The van der Waals surface area contributed by atoms with Crippen LogP contribution in [-0.2, 0) is 10.9 Å². The summed E-state index contributed by atoms with van der Waals surface area (Å²) < 4.78 is 85.7. The lowest BCUT2D eigenvalue weighted by Gasteiger charge is -2.31. The summed E-state index contributed by atoms with van der Waals surface area (Å²) >= 11 is 0. The number of nitrogens with zero attached hydrogens (tertiary/aromatic N) is 4. The molecular weight excluding hydrogens is 442 g/mol. The Hall–Kier alpha value is -2.63. The number of ether oxygens (including phenoxy) is 1. The minimum atomic E-state index is -4.96. The van der Waals surface area contributed by atoms with E-state index in [0.29, 0.717) is 18.4 Å². The van der Waals surface area contributed by atoms with Crippen LogP contribution in [0.3, 0.4) is 0 Å². The fourth-order valence-corrected chi connectivity index (χ4v) is 3.49. The molecule has 6 nitrogen and oxygen atoms in total. The van der Waals surface area contributed by atoms with Gasteiger partial charge in [0.1, 0.15) is 0 Å². The van der Waals surface area contributed by atoms with Crippen molar-refractivity contribution in [3.63, 3.8) is 0 Å². The van der Waals surface area contributed by atoms with Gasteiger partial charge in [-0.3, -0.25) is 4.79 Å². The van der Waals surface area contributed by atoms with E-state index in [4.69, 9.17) is 4.74 Å². The van der Waals surface area contributed by atoms with Gasteiger partial charge in [-0.15, -0.1) is 0 Å². The highest BCUT2D eigenvalue weighted by molar-refractivity contribution is 5.95. The molecule has 1 saturated heterocycles. The van der Waals surface area contributed by atoms with Crippen LogP contribution < -0.4 is 4.90 Å². The average molecular weight is 464 g/mol. The van der Waals surface area contributed by atoms with Gasteiger partial charge in [0.25, 0.3) is 5.91 Å². The maximum atomic E-state index is 13.8. The Morgan fingerprint density at radius 2 is 1.78 bits per heavy atom. The molecule has 0 spiro atoms. The van der Waals surface area contributed by atoms with Gasteiger partial charge in [-0.2, -0.15) is 26.3 Å². The van der Waals surface area contributed by atoms with E-state index in [-0.39, 0.29) is 38.5 Å². The van der Waals surface area contributed by atoms with Crippen LogP contribution in [0.2, 0.25) is 0 Å². The number of hydrogen-bond donors (Lipinski definition) is 0. The summed E-state index contributed by atoms with van der Waals surface area (Å²) in [6, 6.07) is 0. The van der Waals surface area contributed by atoms with E-state index < -0.39 is 41.0 Å². The Kier molecular flexibility index (Phi) is 6.82. The number of hydrogen-bond acceptors (Lipinski definition) is 5. The maximum absolute atomic E-state index is 13.8. The van der Waals surface area contributed by atoms with Gasteiger partial charge in [0.2, 0.25) is 5.95 Å². The van der Waals surface area contributed by atoms with Gasteiger partial charge in [0, 0.05) is 37.1 Å². The Balaban J connectivity index is 2.04. The van der Waals surface area contributed by atoms with Crippen LogP contribution in [0.5, 0.6) is 0 Å². The van der Waals surface area contributed by atoms with Crippen molar-refractivity contribution in [1.82, 2.24) is 14.9 Å². The van der Waals surface area contributed by atoms with Gasteiger partial charge in [-0.1, -0.05) is 0 Å². The molecule has 0 atom stereocenters. The number of halogens is 6. The zero-order valence-electron chi connectivity index (χ0n) is 17.5. The van der Waals surface area contributed by atoms with Crippen molar-refractivity contribution in [3.8, 4) is 0 Å². The minimum Gasteiger partial charge on any atom is -0.378 e. The number of alkyl halides is 6. The number of morpholine rings is 1. The molecular formula is C20H22F6N4O2. The summed E-state index contributed by atoms with van der Waals surface area (Å²) in [6.07, 6.45) is -6.85. The molecule has 0 N–H and O–H groups in total. The first-order valence-corrected chi connectivity index (χ1v) is 9.93. The number of carbonyl (C=O) groups is 1. The number of aromatic nitrogens is 2. The van der Waals surface area contributed by atoms with E-state index in [1.54, 1.807) is 6.92 Å². The topological polar surface area (TPSA) is 58.6 Å². The molecule has 3 heterocycles. The number of allylic oxidation sites excluding steroid dienone is 3. The Bertz CT molecular complexity index is 933. The predicted molar refractivity (Wildman–Crippen MR) is 103 cm³/mol. The zero-order chi connectivity index (χ0) is 23.7. The molecule has 2 aliphatic heterocycles. The van der Waals surface area contributed by atoms with E-state index in [9.17, 15) is 31.1 Å². The van der Waals surface area contributed by atoms with Crippen LogP contribution in [0.4, 0.5) is 32.3 Å². The van der Waals surface area contributed by atoms with Gasteiger partial charge in [-0.05, 0) is 38.3 Å². The fourth-order valence-electron chi connectivity index (χ4n) is 3.49. The molecule has 3 rings (SSSR count). The smallest absolute Gasteiger partial charge is 0.378 e. The number of amides is 1. The third-order valence-corrected chi connectivity index (χ3v) is 5.28. The molecule has 0 radical (unpaired) electrons. The maximum Gasteiger partial charge on any atom is 0.434 e. The first-order chi connectivity index (χ1) is 14.9. The summed E-state index contributed by atoms with van der Waals surface area (Å²) in [5.74, 6) is -1.28. The van der Waals surface area contributed by atoms with E-state index in [1.807, 2.05) is 0 Å². The van der Waals surface area contributed by atoms with Crippen molar-refractivity contribution >= 4 is 11.9 Å². The highest BCUT2D eigenvalue weighted by Gasteiger charge is 2.40. The van der Waals surface area contributed by atoms with Crippen LogP contribution in [0.15, 0.2) is 29.1 Å². The standard InChI is InChI=1S/C20H22F6N4O2/c1-12-4-3-5-30(15(12)10-13(2)19(21,22)23)18-27-11-14(16(28-18)20(24,25)26)17(31)29-6-8-32-9-7-29/h10-11H,3-9H2,1-2H3/b13-10+. The van der Waals surface area contributed by atoms with E-state index in [1.165, 1.54) is 9.80 Å². The normalized spacial score (nSPS) is 18.9. The molecule has 0 aliphatic carbocycles. The lowest BCUT2D eigenvalue weighted by atomic mass is 10.0. The van der Waals surface area contributed by atoms with Gasteiger partial charge in [-0.25, -0.2) is 9.97 Å². The minimum absolute atomic E-state index is 0.103. The van der Waals surface area contributed by atoms with Crippen LogP contribution in [-0.4, -0.2) is 59.8 Å². The van der Waals surface area contributed by atoms with E-state index in [2.05, 4.69) is 9.97 Å². The molecule has 0 aromatic carbocycles. The molecule has 1 aromatic heterocycles. The quantitative estimate of drug-likeness (QED) is 0.623. The highest BCUT2D eigenvalue weighted by atomic mass is 19.4. The predicted octanol–water partition coefficient (Wildman–Crippen LogP) is 4.35. The highest BCUT2D eigenvalue weighted by Crippen LogP contribution is 2.35.